The Morgan fingerprint density at radius 3 is 2.47 bits per heavy atom. The number of hydrogen-bond acceptors (Lipinski definition) is 5. The van der Waals surface area contributed by atoms with Gasteiger partial charge >= 0.3 is 0 Å². The van der Waals surface area contributed by atoms with Crippen LogP contribution in [0.2, 0.25) is 0 Å². The highest BCUT2D eigenvalue weighted by atomic mass is 16.5. The molecule has 5 nitrogen and oxygen atoms in total. The molecule has 1 atom stereocenters. The molecular weight excluding hydrogens is 246 g/mol. The molecule has 108 valence electrons. The van der Waals surface area contributed by atoms with E-state index in [2.05, 4.69) is 5.32 Å². The molecule has 1 unspecified atom stereocenters. The van der Waals surface area contributed by atoms with Crippen molar-refractivity contribution in [1.82, 2.24) is 5.32 Å². The van der Waals surface area contributed by atoms with Crippen molar-refractivity contribution < 1.29 is 19.3 Å². The Hall–Kier alpha value is -1.30. The summed E-state index contributed by atoms with van der Waals surface area (Å²) in [6, 6.07) is 7.52. The lowest BCUT2D eigenvalue weighted by molar-refractivity contribution is 0.126. The highest BCUT2D eigenvalue weighted by molar-refractivity contribution is 5.39. The van der Waals surface area contributed by atoms with Crippen molar-refractivity contribution in [2.45, 2.75) is 13.0 Å². The number of para-hydroxylation sites is 2. The second-order valence-corrected chi connectivity index (χ2v) is 4.02. The van der Waals surface area contributed by atoms with Crippen LogP contribution in [0.15, 0.2) is 24.3 Å². The van der Waals surface area contributed by atoms with Gasteiger partial charge < -0.3 is 24.6 Å². The first-order valence-corrected chi connectivity index (χ1v) is 6.49. The molecule has 1 aromatic carbocycles. The van der Waals surface area contributed by atoms with Gasteiger partial charge in [0.15, 0.2) is 11.5 Å². The standard InChI is InChI=1S/C14H23NO4/c1-3-18-13-6-4-5-7-14(13)19-9-8-15-12(10-16)11-17-2/h4-7,12,15-16H,3,8-11H2,1-2H3. The number of benzene rings is 1. The van der Waals surface area contributed by atoms with E-state index in [1.165, 1.54) is 0 Å². The van der Waals surface area contributed by atoms with E-state index in [1.807, 2.05) is 31.2 Å². The molecule has 0 bridgehead atoms. The van der Waals surface area contributed by atoms with Crippen molar-refractivity contribution in [3.05, 3.63) is 24.3 Å². The first-order chi connectivity index (χ1) is 9.31. The Balaban J connectivity index is 2.32. The third-order valence-electron chi connectivity index (χ3n) is 2.53. The van der Waals surface area contributed by atoms with Gasteiger partial charge in [0.1, 0.15) is 6.61 Å². The molecule has 0 aliphatic rings. The van der Waals surface area contributed by atoms with Gasteiger partial charge in [0, 0.05) is 13.7 Å². The van der Waals surface area contributed by atoms with Crippen molar-refractivity contribution in [1.29, 1.82) is 0 Å². The predicted molar refractivity (Wildman–Crippen MR) is 73.9 cm³/mol. The van der Waals surface area contributed by atoms with Crippen molar-refractivity contribution in [3.63, 3.8) is 0 Å². The quantitative estimate of drug-likeness (QED) is 0.622. The Morgan fingerprint density at radius 2 is 1.89 bits per heavy atom. The van der Waals surface area contributed by atoms with Crippen LogP contribution in [0.4, 0.5) is 0 Å². The average Bonchev–Trinajstić information content (AvgIpc) is 2.44. The van der Waals surface area contributed by atoms with E-state index in [0.717, 1.165) is 11.5 Å². The highest BCUT2D eigenvalue weighted by Crippen LogP contribution is 2.25. The second-order valence-electron chi connectivity index (χ2n) is 4.02. The molecule has 1 rings (SSSR count). The molecular formula is C14H23NO4. The molecule has 0 spiro atoms. The first-order valence-electron chi connectivity index (χ1n) is 6.49. The highest BCUT2D eigenvalue weighted by Gasteiger charge is 2.06. The summed E-state index contributed by atoms with van der Waals surface area (Å²) in [4.78, 5) is 0. The number of methoxy groups -OCH3 is 1. The maximum absolute atomic E-state index is 9.08. The number of nitrogens with one attached hydrogen (secondary N) is 1. The fraction of sp³-hybridized carbons (Fsp3) is 0.571. The SMILES string of the molecule is CCOc1ccccc1OCCNC(CO)COC. The molecule has 0 amide bonds. The van der Waals surface area contributed by atoms with Crippen LogP contribution in [0.3, 0.4) is 0 Å². The number of aliphatic hydroxyl groups excluding tert-OH is 1. The minimum absolute atomic E-state index is 0.0450. The number of rotatable bonds is 10. The zero-order valence-corrected chi connectivity index (χ0v) is 11.6. The second kappa shape index (κ2) is 9.61. The van der Waals surface area contributed by atoms with E-state index in [4.69, 9.17) is 19.3 Å². The first kappa shape index (κ1) is 15.8. The fourth-order valence-corrected chi connectivity index (χ4v) is 1.65. The van der Waals surface area contributed by atoms with E-state index >= 15 is 0 Å². The monoisotopic (exact) mass is 269 g/mol. The van der Waals surface area contributed by atoms with Gasteiger partial charge in [-0.05, 0) is 19.1 Å². The third-order valence-corrected chi connectivity index (χ3v) is 2.53. The summed E-state index contributed by atoms with van der Waals surface area (Å²) in [5.41, 5.74) is 0. The molecule has 5 heteroatoms. The van der Waals surface area contributed by atoms with Crippen molar-refractivity contribution in [2.24, 2.45) is 0 Å². The summed E-state index contributed by atoms with van der Waals surface area (Å²) in [6.45, 7) is 4.21. The zero-order chi connectivity index (χ0) is 13.9. The minimum atomic E-state index is -0.0595. The topological polar surface area (TPSA) is 60.0 Å². The van der Waals surface area contributed by atoms with E-state index in [-0.39, 0.29) is 12.6 Å². The van der Waals surface area contributed by atoms with Crippen LogP contribution in [-0.4, -0.2) is 51.2 Å². The Kier molecular flexibility index (Phi) is 7.97. The van der Waals surface area contributed by atoms with Gasteiger partial charge in [-0.3, -0.25) is 0 Å². The minimum Gasteiger partial charge on any atom is -0.490 e. The van der Waals surface area contributed by atoms with Crippen LogP contribution in [0.5, 0.6) is 11.5 Å². The third kappa shape index (κ3) is 5.92. The van der Waals surface area contributed by atoms with Crippen molar-refractivity contribution >= 4 is 0 Å². The molecule has 2 N–H and O–H groups in total. The van der Waals surface area contributed by atoms with Crippen LogP contribution >= 0.6 is 0 Å². The lowest BCUT2D eigenvalue weighted by Crippen LogP contribution is -2.38. The molecule has 1 aromatic rings. The summed E-state index contributed by atoms with van der Waals surface area (Å²) in [5.74, 6) is 1.49. The molecule has 0 fully saturated rings. The Bertz CT molecular complexity index is 346. The summed E-state index contributed by atoms with van der Waals surface area (Å²) >= 11 is 0. The van der Waals surface area contributed by atoms with Crippen LogP contribution in [-0.2, 0) is 4.74 Å². The molecule has 0 aromatic heterocycles. The van der Waals surface area contributed by atoms with Gasteiger partial charge in [-0.2, -0.15) is 0 Å². The van der Waals surface area contributed by atoms with Crippen LogP contribution in [0.1, 0.15) is 6.92 Å². The van der Waals surface area contributed by atoms with Crippen LogP contribution in [0.25, 0.3) is 0 Å². The van der Waals surface area contributed by atoms with Gasteiger partial charge in [0.05, 0.1) is 25.9 Å². The smallest absolute Gasteiger partial charge is 0.161 e. The van der Waals surface area contributed by atoms with Crippen LogP contribution < -0.4 is 14.8 Å². The molecule has 0 aliphatic carbocycles. The number of ether oxygens (including phenoxy) is 3. The van der Waals surface area contributed by atoms with Gasteiger partial charge in [0.25, 0.3) is 0 Å². The lowest BCUT2D eigenvalue weighted by Gasteiger charge is -2.16. The number of hydrogen-bond donors (Lipinski definition) is 2. The summed E-state index contributed by atoms with van der Waals surface area (Å²) in [6.07, 6.45) is 0. The summed E-state index contributed by atoms with van der Waals surface area (Å²) in [7, 11) is 1.61. The van der Waals surface area contributed by atoms with E-state index in [1.54, 1.807) is 7.11 Å². The van der Waals surface area contributed by atoms with Gasteiger partial charge in [0.2, 0.25) is 0 Å². The Morgan fingerprint density at radius 1 is 1.21 bits per heavy atom. The van der Waals surface area contributed by atoms with Crippen molar-refractivity contribution in [3.8, 4) is 11.5 Å². The molecule has 0 heterocycles. The zero-order valence-electron chi connectivity index (χ0n) is 11.6. The van der Waals surface area contributed by atoms with E-state index in [9.17, 15) is 0 Å². The van der Waals surface area contributed by atoms with Gasteiger partial charge in [-0.25, -0.2) is 0 Å². The van der Waals surface area contributed by atoms with Crippen molar-refractivity contribution in [2.75, 3.05) is 40.1 Å². The summed E-state index contributed by atoms with van der Waals surface area (Å²) in [5, 5.41) is 12.2. The predicted octanol–water partition coefficient (Wildman–Crippen LogP) is 1.06. The molecule has 0 saturated carbocycles. The lowest BCUT2D eigenvalue weighted by atomic mass is 10.3. The van der Waals surface area contributed by atoms with Gasteiger partial charge in [-0.15, -0.1) is 0 Å². The maximum atomic E-state index is 9.08. The van der Waals surface area contributed by atoms with Crippen LogP contribution in [0, 0.1) is 0 Å². The molecule has 0 saturated heterocycles. The van der Waals surface area contributed by atoms with E-state index in [0.29, 0.717) is 26.4 Å². The Labute approximate surface area is 114 Å². The normalized spacial score (nSPS) is 12.2. The number of aliphatic hydroxyl groups is 1. The molecule has 0 radical (unpaired) electrons. The van der Waals surface area contributed by atoms with E-state index < -0.39 is 0 Å². The van der Waals surface area contributed by atoms with Gasteiger partial charge in [-0.1, -0.05) is 12.1 Å². The average molecular weight is 269 g/mol. The molecule has 19 heavy (non-hydrogen) atoms. The maximum Gasteiger partial charge on any atom is 0.161 e. The summed E-state index contributed by atoms with van der Waals surface area (Å²) < 4.78 is 16.1. The molecule has 0 aliphatic heterocycles. The largest absolute Gasteiger partial charge is 0.490 e. The fourth-order valence-electron chi connectivity index (χ4n) is 1.65.